The molecule has 0 saturated carbocycles. The molecule has 0 saturated heterocycles. The van der Waals surface area contributed by atoms with E-state index in [0.29, 0.717) is 5.92 Å². The Balaban J connectivity index is 2.11. The van der Waals surface area contributed by atoms with E-state index in [1.165, 1.54) is 27.9 Å². The maximum Gasteiger partial charge on any atom is 0.0275 e. The van der Waals surface area contributed by atoms with Crippen LogP contribution in [-0.4, -0.2) is 0 Å². The summed E-state index contributed by atoms with van der Waals surface area (Å²) in [7, 11) is 0. The second kappa shape index (κ2) is 5.52. The van der Waals surface area contributed by atoms with Gasteiger partial charge in [-0.2, -0.15) is 0 Å². The van der Waals surface area contributed by atoms with E-state index >= 15 is 0 Å². The predicted molar refractivity (Wildman–Crippen MR) is 91.3 cm³/mol. The fourth-order valence-corrected chi connectivity index (χ4v) is 3.57. The third-order valence-corrected chi connectivity index (χ3v) is 5.23. The van der Waals surface area contributed by atoms with E-state index in [2.05, 4.69) is 70.2 Å². The average Bonchev–Trinajstić information content (AvgIpc) is 2.99. The number of benzene rings is 1. The van der Waals surface area contributed by atoms with Crippen LogP contribution in [0.4, 0.5) is 0 Å². The van der Waals surface area contributed by atoms with Crippen molar-refractivity contribution in [1.29, 1.82) is 0 Å². The molecule has 0 radical (unpaired) electrons. The molecule has 2 aliphatic carbocycles. The van der Waals surface area contributed by atoms with Crippen LogP contribution in [0.2, 0.25) is 0 Å². The van der Waals surface area contributed by atoms with E-state index < -0.39 is 0 Å². The molecule has 0 aromatic heterocycles. The minimum absolute atomic E-state index is 0.452. The molecule has 0 fully saturated rings. The molecule has 3 rings (SSSR count). The Hall–Kier alpha value is -1.82. The molecule has 0 spiro atoms. The van der Waals surface area contributed by atoms with Gasteiger partial charge in [0.1, 0.15) is 0 Å². The maximum absolute atomic E-state index is 2.38. The van der Waals surface area contributed by atoms with Gasteiger partial charge in [0.05, 0.1) is 0 Å². The molecule has 21 heavy (non-hydrogen) atoms. The summed E-state index contributed by atoms with van der Waals surface area (Å²) in [6.07, 6.45) is 6.97. The molecule has 0 heterocycles. The molecular weight excluding hydrogens is 252 g/mol. The Morgan fingerprint density at radius 3 is 1.57 bits per heavy atom. The van der Waals surface area contributed by atoms with Crippen LogP contribution in [0.5, 0.6) is 0 Å². The monoisotopic (exact) mass is 276 g/mol. The maximum atomic E-state index is 2.38. The van der Waals surface area contributed by atoms with Gasteiger partial charge in [-0.3, -0.25) is 0 Å². The zero-order chi connectivity index (χ0) is 15.0. The fraction of sp³-hybridized carbons (Fsp3) is 0.333. The van der Waals surface area contributed by atoms with Gasteiger partial charge < -0.3 is 0 Å². The second-order valence-electron chi connectivity index (χ2n) is 6.33. The molecule has 0 bridgehead atoms. The highest BCUT2D eigenvalue weighted by atomic mass is 14.3. The normalized spacial score (nSPS) is 18.7. The Morgan fingerprint density at radius 1 is 0.714 bits per heavy atom. The highest BCUT2D eigenvalue weighted by Crippen LogP contribution is 2.45. The van der Waals surface area contributed by atoms with E-state index in [0.717, 1.165) is 12.8 Å². The summed E-state index contributed by atoms with van der Waals surface area (Å²) in [5.41, 5.74) is 10.5. The molecule has 1 aromatic carbocycles. The van der Waals surface area contributed by atoms with Crippen LogP contribution in [0.1, 0.15) is 52.0 Å². The van der Waals surface area contributed by atoms with E-state index in [1.54, 1.807) is 11.1 Å². The molecule has 108 valence electrons. The van der Waals surface area contributed by atoms with Gasteiger partial charge in [0, 0.05) is 5.92 Å². The van der Waals surface area contributed by atoms with Crippen LogP contribution in [0.15, 0.2) is 75.9 Å². The van der Waals surface area contributed by atoms with Crippen molar-refractivity contribution in [1.82, 2.24) is 0 Å². The van der Waals surface area contributed by atoms with E-state index in [1.807, 2.05) is 0 Å². The minimum Gasteiger partial charge on any atom is -0.0772 e. The average molecular weight is 276 g/mol. The first-order valence-electron chi connectivity index (χ1n) is 7.88. The van der Waals surface area contributed by atoms with Crippen LogP contribution in [-0.2, 0) is 0 Å². The Bertz CT molecular complexity index is 636. The summed E-state index contributed by atoms with van der Waals surface area (Å²) in [6, 6.07) is 11.0. The predicted octanol–water partition coefficient (Wildman–Crippen LogP) is 6.10. The molecule has 1 aromatic rings. The lowest BCUT2D eigenvalue weighted by Gasteiger charge is -2.24. The Labute approximate surface area is 128 Å². The molecule has 0 nitrogen and oxygen atoms in total. The van der Waals surface area contributed by atoms with E-state index in [9.17, 15) is 0 Å². The minimum atomic E-state index is 0.452. The van der Waals surface area contributed by atoms with Crippen molar-refractivity contribution in [3.8, 4) is 0 Å². The largest absolute Gasteiger partial charge is 0.0772 e. The van der Waals surface area contributed by atoms with Crippen LogP contribution >= 0.6 is 0 Å². The fourth-order valence-electron chi connectivity index (χ4n) is 3.57. The number of rotatable bonds is 3. The van der Waals surface area contributed by atoms with Crippen LogP contribution in [0.3, 0.4) is 0 Å². The molecule has 2 aliphatic rings. The van der Waals surface area contributed by atoms with Crippen molar-refractivity contribution in [2.24, 2.45) is 0 Å². The van der Waals surface area contributed by atoms with Gasteiger partial charge in [-0.05, 0) is 57.2 Å². The van der Waals surface area contributed by atoms with Gasteiger partial charge in [-0.1, -0.05) is 64.8 Å². The van der Waals surface area contributed by atoms with Gasteiger partial charge in [0.2, 0.25) is 0 Å². The number of allylic oxidation sites excluding steroid dienone is 8. The molecule has 0 amide bonds. The van der Waals surface area contributed by atoms with E-state index in [-0.39, 0.29) is 0 Å². The summed E-state index contributed by atoms with van der Waals surface area (Å²) in [5.74, 6) is 0.452. The third kappa shape index (κ3) is 2.44. The van der Waals surface area contributed by atoms with Gasteiger partial charge in [-0.25, -0.2) is 0 Å². The molecule has 0 atom stereocenters. The lowest BCUT2D eigenvalue weighted by atomic mass is 9.80. The summed E-state index contributed by atoms with van der Waals surface area (Å²) >= 11 is 0. The van der Waals surface area contributed by atoms with Gasteiger partial charge in [0.15, 0.2) is 0 Å². The Kier molecular flexibility index (Phi) is 3.71. The highest BCUT2D eigenvalue weighted by Gasteiger charge is 2.28. The summed E-state index contributed by atoms with van der Waals surface area (Å²) in [6.45, 7) is 9.05. The smallest absolute Gasteiger partial charge is 0.0275 e. The van der Waals surface area contributed by atoms with Gasteiger partial charge in [-0.15, -0.1) is 0 Å². The van der Waals surface area contributed by atoms with Crippen molar-refractivity contribution >= 4 is 0 Å². The summed E-state index contributed by atoms with van der Waals surface area (Å²) in [4.78, 5) is 0. The van der Waals surface area contributed by atoms with Crippen molar-refractivity contribution in [2.45, 2.75) is 46.5 Å². The topological polar surface area (TPSA) is 0 Å². The van der Waals surface area contributed by atoms with Crippen molar-refractivity contribution in [3.63, 3.8) is 0 Å². The zero-order valence-corrected chi connectivity index (χ0v) is 13.5. The standard InChI is InChI=1S/C21H24/c1-14-10-12-19(16(14)3)21(18-8-6-5-7-9-18)20-13-11-15(2)17(20)4/h5-11,21H,12-13H2,1-4H3. The summed E-state index contributed by atoms with van der Waals surface area (Å²) < 4.78 is 0. The van der Waals surface area contributed by atoms with Crippen molar-refractivity contribution < 1.29 is 0 Å². The molecule has 0 N–H and O–H groups in total. The lowest BCUT2D eigenvalue weighted by molar-refractivity contribution is 0.855. The van der Waals surface area contributed by atoms with Crippen LogP contribution < -0.4 is 0 Å². The first kappa shape index (κ1) is 14.1. The quantitative estimate of drug-likeness (QED) is 0.625. The van der Waals surface area contributed by atoms with Crippen molar-refractivity contribution in [3.05, 3.63) is 81.5 Å². The molecular formula is C21H24. The van der Waals surface area contributed by atoms with Crippen molar-refractivity contribution in [2.75, 3.05) is 0 Å². The zero-order valence-electron chi connectivity index (χ0n) is 13.5. The van der Waals surface area contributed by atoms with Crippen LogP contribution in [0.25, 0.3) is 0 Å². The molecule has 0 unspecified atom stereocenters. The van der Waals surface area contributed by atoms with E-state index in [4.69, 9.17) is 0 Å². The number of hydrogen-bond acceptors (Lipinski definition) is 0. The first-order valence-corrected chi connectivity index (χ1v) is 7.88. The number of hydrogen-bond donors (Lipinski definition) is 0. The first-order chi connectivity index (χ1) is 10.1. The van der Waals surface area contributed by atoms with Gasteiger partial charge in [0.25, 0.3) is 0 Å². The van der Waals surface area contributed by atoms with Crippen LogP contribution in [0, 0.1) is 0 Å². The van der Waals surface area contributed by atoms with Gasteiger partial charge >= 0.3 is 0 Å². The summed E-state index contributed by atoms with van der Waals surface area (Å²) in [5, 5.41) is 0. The highest BCUT2D eigenvalue weighted by molar-refractivity contribution is 5.54. The SMILES string of the molecule is CC1=CCC(C(C2=C(C)C(C)=CC2)c2ccccc2)=C1C. The molecule has 0 heteroatoms. The Morgan fingerprint density at radius 2 is 1.19 bits per heavy atom. The second-order valence-corrected chi connectivity index (χ2v) is 6.33. The lowest BCUT2D eigenvalue weighted by Crippen LogP contribution is -2.07. The molecule has 0 aliphatic heterocycles. The third-order valence-electron chi connectivity index (χ3n) is 5.23.